The molecular formula is C15H17FN2O3S. The van der Waals surface area contributed by atoms with Gasteiger partial charge in [0.2, 0.25) is 11.8 Å². The zero-order valence-corrected chi connectivity index (χ0v) is 13.2. The third kappa shape index (κ3) is 4.49. The number of nitrogens with zero attached hydrogens (tertiary/aromatic N) is 1. The van der Waals surface area contributed by atoms with Crippen LogP contribution in [0, 0.1) is 5.82 Å². The average molecular weight is 324 g/mol. The normalized spacial score (nSPS) is 17.7. The van der Waals surface area contributed by atoms with Crippen molar-refractivity contribution in [3.8, 4) is 5.75 Å². The van der Waals surface area contributed by atoms with Gasteiger partial charge in [-0.25, -0.2) is 4.39 Å². The first-order valence-corrected chi connectivity index (χ1v) is 7.75. The first-order chi connectivity index (χ1) is 10.5. The fourth-order valence-corrected chi connectivity index (χ4v) is 2.76. The van der Waals surface area contributed by atoms with Gasteiger partial charge in [-0.15, -0.1) is 0 Å². The molecule has 1 fully saturated rings. The molecule has 1 atom stereocenters. The summed E-state index contributed by atoms with van der Waals surface area (Å²) in [5, 5.41) is 3.32. The van der Waals surface area contributed by atoms with Gasteiger partial charge in [-0.1, -0.05) is 17.8 Å². The molecule has 0 aromatic heterocycles. The van der Waals surface area contributed by atoms with Crippen molar-refractivity contribution in [2.45, 2.75) is 13.0 Å². The largest absolute Gasteiger partial charge is 0.489 e. The van der Waals surface area contributed by atoms with Crippen molar-refractivity contribution in [1.29, 1.82) is 0 Å². The van der Waals surface area contributed by atoms with Gasteiger partial charge in [-0.2, -0.15) is 0 Å². The highest BCUT2D eigenvalue weighted by Crippen LogP contribution is 2.26. The number of thioether (sulfide) groups is 1. The summed E-state index contributed by atoms with van der Waals surface area (Å²) in [6.07, 6.45) is 1.09. The molecule has 2 amide bonds. The van der Waals surface area contributed by atoms with Gasteiger partial charge < -0.3 is 15.0 Å². The number of rotatable bonds is 5. The van der Waals surface area contributed by atoms with Crippen LogP contribution >= 0.6 is 11.8 Å². The minimum Gasteiger partial charge on any atom is -0.489 e. The molecule has 1 aromatic carbocycles. The van der Waals surface area contributed by atoms with Crippen LogP contribution in [0.5, 0.6) is 5.75 Å². The summed E-state index contributed by atoms with van der Waals surface area (Å²) >= 11 is 1.33. The van der Waals surface area contributed by atoms with E-state index in [2.05, 4.69) is 5.32 Å². The number of carbonyl (C=O) groups excluding carboxylic acids is 2. The molecule has 118 valence electrons. The molecule has 1 aliphatic rings. The first-order valence-electron chi connectivity index (χ1n) is 6.77. The molecule has 0 saturated carbocycles. The molecule has 1 aliphatic heterocycles. The van der Waals surface area contributed by atoms with Crippen molar-refractivity contribution in [3.05, 3.63) is 41.2 Å². The molecule has 2 rings (SSSR count). The van der Waals surface area contributed by atoms with E-state index in [0.717, 1.165) is 0 Å². The van der Waals surface area contributed by atoms with Crippen LogP contribution in [-0.2, 0) is 9.59 Å². The van der Waals surface area contributed by atoms with E-state index >= 15 is 0 Å². The minimum atomic E-state index is -0.371. The van der Waals surface area contributed by atoms with Crippen LogP contribution < -0.4 is 10.1 Å². The minimum absolute atomic E-state index is 0.0214. The standard InChI is InChI=1S/C15H17FN2O3S/c1-10(21-12-5-3-4-11(16)6-12)8-17-13(19)7-15-18(2)14(20)9-22-15/h3-7,10H,8-9H2,1-2H3,(H,17,19). The lowest BCUT2D eigenvalue weighted by molar-refractivity contribution is -0.124. The maximum Gasteiger partial charge on any atom is 0.246 e. The van der Waals surface area contributed by atoms with E-state index in [-0.39, 0.29) is 30.3 Å². The van der Waals surface area contributed by atoms with Crippen LogP contribution in [0.25, 0.3) is 0 Å². The molecule has 0 spiro atoms. The van der Waals surface area contributed by atoms with Crippen molar-refractivity contribution in [2.75, 3.05) is 19.3 Å². The number of hydrogen-bond donors (Lipinski definition) is 1. The van der Waals surface area contributed by atoms with Crippen LogP contribution in [0.15, 0.2) is 35.4 Å². The Morgan fingerprint density at radius 2 is 2.36 bits per heavy atom. The molecule has 0 bridgehead atoms. The van der Waals surface area contributed by atoms with E-state index in [1.165, 1.54) is 34.9 Å². The van der Waals surface area contributed by atoms with Crippen molar-refractivity contribution in [1.82, 2.24) is 10.2 Å². The van der Waals surface area contributed by atoms with Gasteiger partial charge in [0.25, 0.3) is 0 Å². The summed E-state index contributed by atoms with van der Waals surface area (Å²) < 4.78 is 18.5. The van der Waals surface area contributed by atoms with Crippen molar-refractivity contribution in [2.24, 2.45) is 0 Å². The third-order valence-corrected chi connectivity index (χ3v) is 4.08. The van der Waals surface area contributed by atoms with E-state index in [1.54, 1.807) is 26.1 Å². The first kappa shape index (κ1) is 16.4. The smallest absolute Gasteiger partial charge is 0.246 e. The highest BCUT2D eigenvalue weighted by atomic mass is 32.2. The predicted octanol–water partition coefficient (Wildman–Crippen LogP) is 1.76. The fraction of sp³-hybridized carbons (Fsp3) is 0.333. The molecule has 1 unspecified atom stereocenters. The Labute approximate surface area is 132 Å². The second-order valence-corrected chi connectivity index (χ2v) is 5.85. The molecule has 0 aliphatic carbocycles. The van der Waals surface area contributed by atoms with Gasteiger partial charge in [0.1, 0.15) is 17.7 Å². The van der Waals surface area contributed by atoms with Gasteiger partial charge in [-0.05, 0) is 19.1 Å². The monoisotopic (exact) mass is 324 g/mol. The number of benzene rings is 1. The van der Waals surface area contributed by atoms with Crippen molar-refractivity contribution < 1.29 is 18.7 Å². The second-order valence-electron chi connectivity index (χ2n) is 4.86. The maximum atomic E-state index is 13.0. The summed E-state index contributed by atoms with van der Waals surface area (Å²) in [5.74, 6) is 0.0844. The molecule has 1 heterocycles. The Bertz CT molecular complexity index is 606. The number of halogens is 1. The van der Waals surface area contributed by atoms with E-state index in [1.807, 2.05) is 0 Å². The zero-order chi connectivity index (χ0) is 16.1. The quantitative estimate of drug-likeness (QED) is 0.839. The number of amides is 2. The summed E-state index contributed by atoms with van der Waals surface area (Å²) in [6, 6.07) is 5.84. The summed E-state index contributed by atoms with van der Waals surface area (Å²) in [4.78, 5) is 24.6. The Hall–Kier alpha value is -2.02. The molecule has 22 heavy (non-hydrogen) atoms. The average Bonchev–Trinajstić information content (AvgIpc) is 2.77. The van der Waals surface area contributed by atoms with E-state index < -0.39 is 0 Å². The molecular weight excluding hydrogens is 307 g/mol. The lowest BCUT2D eigenvalue weighted by Gasteiger charge is -2.15. The zero-order valence-electron chi connectivity index (χ0n) is 12.3. The highest BCUT2D eigenvalue weighted by Gasteiger charge is 2.23. The molecule has 1 N–H and O–H groups in total. The van der Waals surface area contributed by atoms with Gasteiger partial charge >= 0.3 is 0 Å². The van der Waals surface area contributed by atoms with Gasteiger partial charge in [0, 0.05) is 19.2 Å². The Kier molecular flexibility index (Phi) is 5.43. The third-order valence-electron chi connectivity index (χ3n) is 3.00. The molecule has 5 nitrogen and oxygen atoms in total. The summed E-state index contributed by atoms with van der Waals surface area (Å²) in [7, 11) is 1.64. The van der Waals surface area contributed by atoms with Crippen molar-refractivity contribution in [3.63, 3.8) is 0 Å². The van der Waals surface area contributed by atoms with Gasteiger partial charge in [-0.3, -0.25) is 9.59 Å². The summed E-state index contributed by atoms with van der Waals surface area (Å²) in [6.45, 7) is 2.06. The number of nitrogens with one attached hydrogen (secondary N) is 1. The molecule has 1 saturated heterocycles. The van der Waals surface area contributed by atoms with Gasteiger partial charge in [0.05, 0.1) is 17.3 Å². The molecule has 7 heteroatoms. The second kappa shape index (κ2) is 7.31. The van der Waals surface area contributed by atoms with E-state index in [9.17, 15) is 14.0 Å². The molecule has 1 aromatic rings. The van der Waals surface area contributed by atoms with E-state index in [0.29, 0.717) is 16.5 Å². The number of carbonyl (C=O) groups is 2. The topological polar surface area (TPSA) is 58.6 Å². The maximum absolute atomic E-state index is 13.0. The molecule has 0 radical (unpaired) electrons. The lowest BCUT2D eigenvalue weighted by atomic mass is 10.3. The Morgan fingerprint density at radius 1 is 1.59 bits per heavy atom. The van der Waals surface area contributed by atoms with E-state index in [4.69, 9.17) is 4.74 Å². The van der Waals surface area contributed by atoms with Crippen LogP contribution in [0.1, 0.15) is 6.92 Å². The number of hydrogen-bond acceptors (Lipinski definition) is 4. The Balaban J connectivity index is 1.81. The summed E-state index contributed by atoms with van der Waals surface area (Å²) in [5.41, 5.74) is 0. The van der Waals surface area contributed by atoms with Crippen LogP contribution in [-0.4, -0.2) is 42.2 Å². The van der Waals surface area contributed by atoms with Gasteiger partial charge in [0.15, 0.2) is 0 Å². The predicted molar refractivity (Wildman–Crippen MR) is 82.8 cm³/mol. The number of ether oxygens (including phenoxy) is 1. The lowest BCUT2D eigenvalue weighted by Crippen LogP contribution is -2.33. The van der Waals surface area contributed by atoms with Crippen LogP contribution in [0.3, 0.4) is 0 Å². The van der Waals surface area contributed by atoms with Crippen LogP contribution in [0.2, 0.25) is 0 Å². The fourth-order valence-electron chi connectivity index (χ4n) is 1.81. The Morgan fingerprint density at radius 3 is 3.00 bits per heavy atom. The SMILES string of the molecule is CC(CNC(=O)C=C1SCC(=O)N1C)Oc1cccc(F)c1. The van der Waals surface area contributed by atoms with Crippen LogP contribution in [0.4, 0.5) is 4.39 Å². The van der Waals surface area contributed by atoms with Crippen molar-refractivity contribution >= 4 is 23.6 Å². The highest BCUT2D eigenvalue weighted by molar-refractivity contribution is 8.04.